The molecule has 1 aromatic carbocycles. The fourth-order valence-corrected chi connectivity index (χ4v) is 2.59. The lowest BCUT2D eigenvalue weighted by Crippen LogP contribution is -2.50. The summed E-state index contributed by atoms with van der Waals surface area (Å²) in [6, 6.07) is 4.78. The van der Waals surface area contributed by atoms with Crippen LogP contribution in [0.25, 0.3) is 0 Å². The molecule has 2 rings (SSSR count). The highest BCUT2D eigenvalue weighted by Gasteiger charge is 2.34. The zero-order valence-electron chi connectivity index (χ0n) is 13.8. The number of rotatable bonds is 6. The highest BCUT2D eigenvalue weighted by atomic mass is 16.4. The molecule has 0 aliphatic carbocycles. The summed E-state index contributed by atoms with van der Waals surface area (Å²) >= 11 is 0. The van der Waals surface area contributed by atoms with Gasteiger partial charge < -0.3 is 26.5 Å². The van der Waals surface area contributed by atoms with Gasteiger partial charge in [0.2, 0.25) is 5.91 Å². The third-order valence-electron chi connectivity index (χ3n) is 3.95. The molecule has 3 amide bonds. The second kappa shape index (κ2) is 8.13. The lowest BCUT2D eigenvalue weighted by atomic mass is 10.2. The van der Waals surface area contributed by atoms with Crippen LogP contribution in [0.2, 0.25) is 0 Å². The third kappa shape index (κ3) is 4.46. The molecule has 1 fully saturated rings. The van der Waals surface area contributed by atoms with E-state index in [4.69, 9.17) is 10.9 Å². The van der Waals surface area contributed by atoms with Gasteiger partial charge in [0.05, 0.1) is 6.21 Å². The number of carboxylic acids is 1. The van der Waals surface area contributed by atoms with Gasteiger partial charge in [-0.25, -0.2) is 9.59 Å². The lowest BCUT2D eigenvalue weighted by molar-refractivity contribution is -0.139. The van der Waals surface area contributed by atoms with Crippen molar-refractivity contribution in [2.24, 2.45) is 10.9 Å². The van der Waals surface area contributed by atoms with Crippen molar-refractivity contribution in [2.75, 3.05) is 11.4 Å². The summed E-state index contributed by atoms with van der Waals surface area (Å²) in [4.78, 5) is 36.9. The van der Waals surface area contributed by atoms with E-state index in [1.54, 1.807) is 36.1 Å². The predicted octanol–water partition coefficient (Wildman–Crippen LogP) is 0.247. The minimum absolute atomic E-state index is 0.237. The molecule has 1 aromatic rings. The van der Waals surface area contributed by atoms with Gasteiger partial charge in [-0.2, -0.15) is 5.10 Å². The number of nitrogens with two attached hydrogens (primary N) is 1. The number of carboxylic acid groups (broad SMARTS) is 1. The molecule has 25 heavy (non-hydrogen) atoms. The number of amides is 3. The number of hydrazone groups is 1. The maximum absolute atomic E-state index is 12.5. The molecular formula is C16H21N5O4. The highest BCUT2D eigenvalue weighted by molar-refractivity contribution is 6.01. The first-order valence-corrected chi connectivity index (χ1v) is 7.90. The molecule has 5 N–H and O–H groups in total. The Hall–Kier alpha value is -3.10. The standard InChI is InChI=1S/C16H21N5O4/c1-2-12(15(23)24)19-16(25)20-13-7-8-21(14(13)22)11-5-3-10(4-6-11)9-18-17/h3-6,9,12-13H,2,7-8,17H2,1H3,(H,23,24)(H2,19,20,25)/t12-,13+/m1/s1. The summed E-state index contributed by atoms with van der Waals surface area (Å²) in [5.41, 5.74) is 1.52. The summed E-state index contributed by atoms with van der Waals surface area (Å²) in [6.45, 7) is 2.12. The maximum Gasteiger partial charge on any atom is 0.326 e. The number of nitrogens with zero attached hydrogens (tertiary/aromatic N) is 2. The molecule has 2 atom stereocenters. The van der Waals surface area contributed by atoms with Crippen molar-refractivity contribution in [3.05, 3.63) is 29.8 Å². The largest absolute Gasteiger partial charge is 0.480 e. The van der Waals surface area contributed by atoms with Crippen LogP contribution in [0.15, 0.2) is 29.4 Å². The maximum atomic E-state index is 12.5. The van der Waals surface area contributed by atoms with E-state index in [1.165, 1.54) is 6.21 Å². The summed E-state index contributed by atoms with van der Waals surface area (Å²) in [5, 5.41) is 17.3. The van der Waals surface area contributed by atoms with Crippen LogP contribution in [0.5, 0.6) is 0 Å². The van der Waals surface area contributed by atoms with Crippen LogP contribution in [-0.4, -0.2) is 47.9 Å². The molecule has 134 valence electrons. The smallest absolute Gasteiger partial charge is 0.326 e. The Kier molecular flexibility index (Phi) is 5.93. The van der Waals surface area contributed by atoms with E-state index >= 15 is 0 Å². The second-order valence-corrected chi connectivity index (χ2v) is 5.62. The van der Waals surface area contributed by atoms with Crippen LogP contribution in [0, 0.1) is 0 Å². The fourth-order valence-electron chi connectivity index (χ4n) is 2.59. The Morgan fingerprint density at radius 1 is 1.44 bits per heavy atom. The van der Waals surface area contributed by atoms with Gasteiger partial charge in [-0.1, -0.05) is 19.1 Å². The number of carbonyl (C=O) groups is 3. The van der Waals surface area contributed by atoms with Crippen molar-refractivity contribution in [3.8, 4) is 0 Å². The van der Waals surface area contributed by atoms with Crippen LogP contribution >= 0.6 is 0 Å². The van der Waals surface area contributed by atoms with Gasteiger partial charge in [-0.05, 0) is 30.5 Å². The van der Waals surface area contributed by atoms with Crippen LogP contribution in [0.4, 0.5) is 10.5 Å². The number of urea groups is 1. The van der Waals surface area contributed by atoms with Gasteiger partial charge in [-0.15, -0.1) is 0 Å². The van der Waals surface area contributed by atoms with E-state index in [1.807, 2.05) is 0 Å². The number of carbonyl (C=O) groups excluding carboxylic acids is 2. The molecule has 0 spiro atoms. The molecular weight excluding hydrogens is 326 g/mol. The highest BCUT2D eigenvalue weighted by Crippen LogP contribution is 2.21. The van der Waals surface area contributed by atoms with E-state index in [2.05, 4.69) is 15.7 Å². The Bertz CT molecular complexity index is 674. The monoisotopic (exact) mass is 347 g/mol. The van der Waals surface area contributed by atoms with Crippen LogP contribution in [0.1, 0.15) is 25.3 Å². The van der Waals surface area contributed by atoms with E-state index in [0.29, 0.717) is 18.7 Å². The zero-order valence-corrected chi connectivity index (χ0v) is 13.8. The first-order chi connectivity index (χ1) is 12.0. The number of hydrogen-bond acceptors (Lipinski definition) is 5. The summed E-state index contributed by atoms with van der Waals surface area (Å²) in [5.74, 6) is 3.74. The van der Waals surface area contributed by atoms with Gasteiger partial charge in [0.1, 0.15) is 12.1 Å². The molecule has 1 saturated heterocycles. The Balaban J connectivity index is 1.96. The van der Waals surface area contributed by atoms with Crippen molar-refractivity contribution in [1.82, 2.24) is 10.6 Å². The number of anilines is 1. The second-order valence-electron chi connectivity index (χ2n) is 5.62. The number of benzene rings is 1. The van der Waals surface area contributed by atoms with Gasteiger partial charge >= 0.3 is 12.0 Å². The van der Waals surface area contributed by atoms with Gasteiger partial charge in [0, 0.05) is 12.2 Å². The molecule has 0 saturated carbocycles. The van der Waals surface area contributed by atoms with Crippen molar-refractivity contribution in [2.45, 2.75) is 31.8 Å². The van der Waals surface area contributed by atoms with E-state index in [9.17, 15) is 14.4 Å². The van der Waals surface area contributed by atoms with Crippen LogP contribution in [-0.2, 0) is 9.59 Å². The Labute approximate surface area is 144 Å². The molecule has 0 radical (unpaired) electrons. The minimum atomic E-state index is -1.11. The first-order valence-electron chi connectivity index (χ1n) is 7.90. The molecule has 0 bridgehead atoms. The molecule has 1 heterocycles. The quantitative estimate of drug-likeness (QED) is 0.332. The van der Waals surface area contributed by atoms with Crippen LogP contribution in [0.3, 0.4) is 0 Å². The minimum Gasteiger partial charge on any atom is -0.480 e. The fraction of sp³-hybridized carbons (Fsp3) is 0.375. The number of aliphatic carboxylic acids is 1. The molecule has 1 aliphatic heterocycles. The molecule has 0 aromatic heterocycles. The third-order valence-corrected chi connectivity index (χ3v) is 3.95. The van der Waals surface area contributed by atoms with E-state index in [0.717, 1.165) is 5.56 Å². The van der Waals surface area contributed by atoms with Crippen molar-refractivity contribution >= 4 is 29.8 Å². The van der Waals surface area contributed by atoms with Gasteiger partial charge in [0.25, 0.3) is 0 Å². The molecule has 9 heteroatoms. The predicted molar refractivity (Wildman–Crippen MR) is 92.4 cm³/mol. The molecule has 1 aliphatic rings. The van der Waals surface area contributed by atoms with Crippen molar-refractivity contribution in [3.63, 3.8) is 0 Å². The lowest BCUT2D eigenvalue weighted by Gasteiger charge is -2.18. The van der Waals surface area contributed by atoms with Gasteiger partial charge in [-0.3, -0.25) is 4.79 Å². The average molecular weight is 347 g/mol. The summed E-state index contributed by atoms with van der Waals surface area (Å²) in [6.07, 6.45) is 2.20. The Morgan fingerprint density at radius 2 is 2.12 bits per heavy atom. The topological polar surface area (TPSA) is 137 Å². The normalized spacial score (nSPS) is 18.4. The van der Waals surface area contributed by atoms with Crippen molar-refractivity contribution < 1.29 is 19.5 Å². The molecule has 0 unspecified atom stereocenters. The van der Waals surface area contributed by atoms with Crippen LogP contribution < -0.4 is 21.4 Å². The zero-order chi connectivity index (χ0) is 18.4. The summed E-state index contributed by atoms with van der Waals surface area (Å²) < 4.78 is 0. The Morgan fingerprint density at radius 3 is 2.68 bits per heavy atom. The average Bonchev–Trinajstić information content (AvgIpc) is 2.94. The van der Waals surface area contributed by atoms with Crippen molar-refractivity contribution in [1.29, 1.82) is 0 Å². The van der Waals surface area contributed by atoms with E-state index < -0.39 is 24.1 Å². The van der Waals surface area contributed by atoms with Gasteiger partial charge in [0.15, 0.2) is 0 Å². The van der Waals surface area contributed by atoms with E-state index in [-0.39, 0.29) is 12.3 Å². The molecule has 9 nitrogen and oxygen atoms in total. The number of nitrogens with one attached hydrogen (secondary N) is 2. The number of hydrogen-bond donors (Lipinski definition) is 4. The first kappa shape index (κ1) is 18.2. The summed E-state index contributed by atoms with van der Waals surface area (Å²) in [7, 11) is 0. The SMILES string of the molecule is CC[C@@H](NC(=O)N[C@H]1CCN(c2ccc(C=NN)cc2)C1=O)C(=O)O.